The molecule has 1 fully saturated rings. The number of nitriles is 1. The second-order valence-corrected chi connectivity index (χ2v) is 6.78. The first-order valence-corrected chi connectivity index (χ1v) is 7.56. The first-order chi connectivity index (χ1) is 9.42. The largest absolute Gasteiger partial charge is 0.396 e. The van der Waals surface area contributed by atoms with Gasteiger partial charge in [0.15, 0.2) is 0 Å². The van der Waals surface area contributed by atoms with E-state index in [0.29, 0.717) is 23.4 Å². The molecule has 2 N–H and O–H groups in total. The second kappa shape index (κ2) is 5.78. The minimum Gasteiger partial charge on any atom is -0.396 e. The zero-order valence-electron chi connectivity index (χ0n) is 13.1. The molecule has 0 radical (unpaired) electrons. The summed E-state index contributed by atoms with van der Waals surface area (Å²) in [4.78, 5) is 2.37. The number of nitrogens with zero attached hydrogens (tertiary/aromatic N) is 3. The number of aromatic nitrogens is 1. The minimum absolute atomic E-state index is 0.493. The summed E-state index contributed by atoms with van der Waals surface area (Å²) in [7, 11) is 0. The molecule has 0 aromatic carbocycles. The van der Waals surface area contributed by atoms with Gasteiger partial charge in [-0.1, -0.05) is 27.7 Å². The highest BCUT2D eigenvalue weighted by Crippen LogP contribution is 2.33. The molecule has 4 heteroatoms. The second-order valence-electron chi connectivity index (χ2n) is 6.78. The molecule has 4 nitrogen and oxygen atoms in total. The number of nitrogen functional groups attached to an aromatic ring is 1. The number of hydrogen-bond acceptors (Lipinski definition) is 3. The average Bonchev–Trinajstić information content (AvgIpc) is 2.63. The summed E-state index contributed by atoms with van der Waals surface area (Å²) in [6.45, 7) is 11.8. The lowest BCUT2D eigenvalue weighted by molar-refractivity contribution is 0.351. The third-order valence-corrected chi connectivity index (χ3v) is 3.93. The molecule has 0 saturated carbocycles. The van der Waals surface area contributed by atoms with Crippen LogP contribution in [0.15, 0.2) is 6.07 Å². The molecule has 1 aliphatic heterocycles. The molecule has 0 amide bonds. The van der Waals surface area contributed by atoms with Gasteiger partial charge in [-0.15, -0.1) is 0 Å². The van der Waals surface area contributed by atoms with Crippen LogP contribution < -0.4 is 10.6 Å². The smallest absolute Gasteiger partial charge is 0.133 e. The predicted octanol–water partition coefficient (Wildman–Crippen LogP) is 3.08. The summed E-state index contributed by atoms with van der Waals surface area (Å²) in [5.74, 6) is 2.89. The van der Waals surface area contributed by atoms with Gasteiger partial charge in [-0.05, 0) is 30.2 Å². The van der Waals surface area contributed by atoms with Crippen molar-refractivity contribution in [3.8, 4) is 6.07 Å². The quantitative estimate of drug-likeness (QED) is 0.921. The number of nitrogens with two attached hydrogens (primary N) is 1. The van der Waals surface area contributed by atoms with Gasteiger partial charge >= 0.3 is 0 Å². The third-order valence-electron chi connectivity index (χ3n) is 3.93. The summed E-state index contributed by atoms with van der Waals surface area (Å²) in [6, 6.07) is 4.10. The van der Waals surface area contributed by atoms with Crippen molar-refractivity contribution in [2.45, 2.75) is 40.7 Å². The Kier molecular flexibility index (Phi) is 4.27. The van der Waals surface area contributed by atoms with Crippen LogP contribution in [0.1, 0.15) is 39.8 Å². The van der Waals surface area contributed by atoms with E-state index < -0.39 is 0 Å². The fourth-order valence-electron chi connectivity index (χ4n) is 3.39. The topological polar surface area (TPSA) is 58.0 Å². The fraction of sp³-hybridized carbons (Fsp3) is 0.688. The van der Waals surface area contributed by atoms with Gasteiger partial charge in [-0.2, -0.15) is 5.26 Å². The van der Waals surface area contributed by atoms with Crippen LogP contribution in [0.4, 0.5) is 11.5 Å². The normalized spacial score (nSPS) is 23.1. The Morgan fingerprint density at radius 2 is 1.95 bits per heavy atom. The molecule has 0 spiro atoms. The fourth-order valence-corrected chi connectivity index (χ4v) is 3.39. The average molecular weight is 274 g/mol. The van der Waals surface area contributed by atoms with E-state index in [-0.39, 0.29) is 0 Å². The Hall–Kier alpha value is -1.63. The Labute approximate surface area is 122 Å². The third kappa shape index (κ3) is 2.92. The van der Waals surface area contributed by atoms with Crippen molar-refractivity contribution in [1.82, 2.24) is 4.57 Å². The van der Waals surface area contributed by atoms with E-state index in [1.165, 1.54) is 6.42 Å². The van der Waals surface area contributed by atoms with Gasteiger partial charge < -0.3 is 15.2 Å². The van der Waals surface area contributed by atoms with Gasteiger partial charge in [0.2, 0.25) is 0 Å². The van der Waals surface area contributed by atoms with Gasteiger partial charge in [0.1, 0.15) is 17.6 Å². The lowest BCUT2D eigenvalue weighted by Crippen LogP contribution is -2.40. The van der Waals surface area contributed by atoms with Crippen LogP contribution in [-0.2, 0) is 6.54 Å². The standard InChI is InChI=1S/C16H26N4/c1-11(2)8-20-14(7-17)6-15(18)16(20)19-9-12(3)5-13(4)10-19/h6,11-13H,5,8-10,18H2,1-4H3/t12-,13-/m0/s1. The zero-order chi connectivity index (χ0) is 14.9. The molecule has 0 bridgehead atoms. The van der Waals surface area contributed by atoms with E-state index in [2.05, 4.69) is 43.2 Å². The predicted molar refractivity (Wildman–Crippen MR) is 83.6 cm³/mol. The highest BCUT2D eigenvalue weighted by molar-refractivity contribution is 5.68. The van der Waals surface area contributed by atoms with Crippen molar-refractivity contribution in [2.24, 2.45) is 17.8 Å². The number of rotatable bonds is 3. The molecule has 1 aromatic rings. The van der Waals surface area contributed by atoms with Crippen molar-refractivity contribution < 1.29 is 0 Å². The molecule has 1 aliphatic rings. The monoisotopic (exact) mass is 274 g/mol. The molecule has 2 heterocycles. The lowest BCUT2D eigenvalue weighted by Gasteiger charge is -2.37. The van der Waals surface area contributed by atoms with Crippen LogP contribution in [0.3, 0.4) is 0 Å². The molecule has 2 atom stereocenters. The minimum atomic E-state index is 0.493. The van der Waals surface area contributed by atoms with Crippen molar-refractivity contribution in [3.63, 3.8) is 0 Å². The summed E-state index contributed by atoms with van der Waals surface area (Å²) in [5, 5.41) is 9.33. The van der Waals surface area contributed by atoms with E-state index in [4.69, 9.17) is 5.73 Å². The maximum absolute atomic E-state index is 9.33. The van der Waals surface area contributed by atoms with Crippen LogP contribution >= 0.6 is 0 Å². The van der Waals surface area contributed by atoms with Crippen molar-refractivity contribution >= 4 is 11.5 Å². The van der Waals surface area contributed by atoms with Crippen LogP contribution in [0, 0.1) is 29.1 Å². The Bertz CT molecular complexity index is 499. The summed E-state index contributed by atoms with van der Waals surface area (Å²) < 4.78 is 2.10. The molecule has 0 unspecified atom stereocenters. The molecule has 20 heavy (non-hydrogen) atoms. The summed E-state index contributed by atoms with van der Waals surface area (Å²) in [5.41, 5.74) is 7.62. The number of anilines is 2. The highest BCUT2D eigenvalue weighted by atomic mass is 15.3. The Morgan fingerprint density at radius 3 is 2.45 bits per heavy atom. The Balaban J connectivity index is 2.39. The highest BCUT2D eigenvalue weighted by Gasteiger charge is 2.27. The maximum Gasteiger partial charge on any atom is 0.133 e. The molecule has 2 rings (SSSR count). The van der Waals surface area contributed by atoms with E-state index in [9.17, 15) is 5.26 Å². The molecule has 110 valence electrons. The van der Waals surface area contributed by atoms with Crippen LogP contribution in [0.2, 0.25) is 0 Å². The maximum atomic E-state index is 9.33. The zero-order valence-corrected chi connectivity index (χ0v) is 13.1. The van der Waals surface area contributed by atoms with Crippen LogP contribution in [0.5, 0.6) is 0 Å². The summed E-state index contributed by atoms with van der Waals surface area (Å²) in [6.07, 6.45) is 1.27. The van der Waals surface area contributed by atoms with Gasteiger partial charge in [0.05, 0.1) is 5.69 Å². The van der Waals surface area contributed by atoms with Crippen molar-refractivity contribution in [3.05, 3.63) is 11.8 Å². The van der Waals surface area contributed by atoms with Crippen molar-refractivity contribution in [1.29, 1.82) is 5.26 Å². The lowest BCUT2D eigenvalue weighted by atomic mass is 9.92. The van der Waals surface area contributed by atoms with Gasteiger partial charge in [0, 0.05) is 19.6 Å². The SMILES string of the molecule is CC(C)Cn1c(C#N)cc(N)c1N1C[C@@H](C)C[C@H](C)C1. The Morgan fingerprint density at radius 1 is 1.35 bits per heavy atom. The molecule has 1 aromatic heterocycles. The van der Waals surface area contributed by atoms with E-state index in [0.717, 1.165) is 31.1 Å². The van der Waals surface area contributed by atoms with E-state index in [1.807, 2.05) is 6.07 Å². The number of hydrogen-bond donors (Lipinski definition) is 1. The molecular weight excluding hydrogens is 248 g/mol. The summed E-state index contributed by atoms with van der Waals surface area (Å²) >= 11 is 0. The van der Waals surface area contributed by atoms with Crippen molar-refractivity contribution in [2.75, 3.05) is 23.7 Å². The van der Waals surface area contributed by atoms with Crippen LogP contribution in [0.25, 0.3) is 0 Å². The van der Waals surface area contributed by atoms with E-state index in [1.54, 1.807) is 0 Å². The first-order valence-electron chi connectivity index (χ1n) is 7.56. The van der Waals surface area contributed by atoms with E-state index >= 15 is 0 Å². The van der Waals surface area contributed by atoms with Gasteiger partial charge in [0.25, 0.3) is 0 Å². The number of piperidine rings is 1. The molecule has 1 saturated heterocycles. The molecular formula is C16H26N4. The molecule has 0 aliphatic carbocycles. The van der Waals surface area contributed by atoms with Gasteiger partial charge in [-0.3, -0.25) is 0 Å². The van der Waals surface area contributed by atoms with Crippen LogP contribution in [-0.4, -0.2) is 17.7 Å². The first kappa shape index (κ1) is 14.8. The van der Waals surface area contributed by atoms with Gasteiger partial charge in [-0.25, -0.2) is 0 Å².